The summed E-state index contributed by atoms with van der Waals surface area (Å²) in [6, 6.07) is 0. The van der Waals surface area contributed by atoms with Crippen LogP contribution in [-0.2, 0) is 0 Å². The third kappa shape index (κ3) is 4.73. The van der Waals surface area contributed by atoms with Gasteiger partial charge in [0.15, 0.2) is 0 Å². The molecule has 11 heavy (non-hydrogen) atoms. The molecule has 1 unspecified atom stereocenters. The van der Waals surface area contributed by atoms with Crippen molar-refractivity contribution in [2.75, 3.05) is 5.75 Å². The first-order chi connectivity index (χ1) is 5.10. The van der Waals surface area contributed by atoms with E-state index in [1.165, 1.54) is 18.6 Å². The molecule has 1 atom stereocenters. The fraction of sp³-hybridized carbons (Fsp3) is 1.00. The summed E-state index contributed by atoms with van der Waals surface area (Å²) in [4.78, 5) is 0. The van der Waals surface area contributed by atoms with Gasteiger partial charge in [-0.05, 0) is 24.0 Å². The molecule has 0 aromatic rings. The number of hydrogen-bond acceptors (Lipinski definition) is 1. The summed E-state index contributed by atoms with van der Waals surface area (Å²) in [6.07, 6.45) is 2.81. The molecule has 0 bridgehead atoms. The van der Waals surface area contributed by atoms with Crippen molar-refractivity contribution in [2.24, 2.45) is 5.41 Å². The summed E-state index contributed by atoms with van der Waals surface area (Å²) in [7, 11) is 0. The van der Waals surface area contributed by atoms with Crippen molar-refractivity contribution in [3.05, 3.63) is 0 Å². The maximum Gasteiger partial charge on any atom is 0.00238 e. The molecule has 0 amide bonds. The summed E-state index contributed by atoms with van der Waals surface area (Å²) in [5, 5.41) is 0.897. The predicted molar refractivity (Wildman–Crippen MR) is 56.3 cm³/mol. The van der Waals surface area contributed by atoms with E-state index in [1.54, 1.807) is 0 Å². The average Bonchev–Trinajstić information content (AvgIpc) is 1.89. The molecular formula is C10H22S. The minimum absolute atomic E-state index is 0.630. The Labute approximate surface area is 76.1 Å². The minimum atomic E-state index is 0.630. The van der Waals surface area contributed by atoms with Gasteiger partial charge in [0.25, 0.3) is 0 Å². The van der Waals surface area contributed by atoms with Gasteiger partial charge in [-0.25, -0.2) is 0 Å². The Bertz CT molecular complexity index is 97.0. The predicted octanol–water partition coefficient (Wildman–Crippen LogP) is 3.95. The van der Waals surface area contributed by atoms with Crippen molar-refractivity contribution in [3.8, 4) is 0 Å². The van der Waals surface area contributed by atoms with Crippen molar-refractivity contribution in [1.29, 1.82) is 0 Å². The fourth-order valence-electron chi connectivity index (χ4n) is 1.48. The summed E-state index contributed by atoms with van der Waals surface area (Å²) in [5.74, 6) is 1.37. The van der Waals surface area contributed by atoms with E-state index in [2.05, 4.69) is 32.5 Å². The van der Waals surface area contributed by atoms with Gasteiger partial charge in [-0.3, -0.25) is 0 Å². The van der Waals surface area contributed by atoms with Crippen molar-refractivity contribution >= 4 is 11.8 Å². The Morgan fingerprint density at radius 2 is 1.82 bits per heavy atom. The van der Waals surface area contributed by atoms with E-state index in [0.29, 0.717) is 5.41 Å². The molecule has 1 rings (SSSR count). The van der Waals surface area contributed by atoms with Crippen LogP contribution in [0.15, 0.2) is 0 Å². The Morgan fingerprint density at radius 1 is 1.27 bits per heavy atom. The summed E-state index contributed by atoms with van der Waals surface area (Å²) >= 11 is 2.12. The SMILES string of the molecule is CC.CC1CC(C)(C)CCS1. The number of thioether (sulfide) groups is 1. The van der Waals surface area contributed by atoms with E-state index < -0.39 is 0 Å². The molecule has 0 aromatic carbocycles. The van der Waals surface area contributed by atoms with Gasteiger partial charge in [-0.15, -0.1) is 0 Å². The Hall–Kier alpha value is 0.350. The Balaban J connectivity index is 0.000000461. The smallest absolute Gasteiger partial charge is 0.00238 e. The first kappa shape index (κ1) is 11.4. The highest BCUT2D eigenvalue weighted by Crippen LogP contribution is 2.37. The van der Waals surface area contributed by atoms with Crippen molar-refractivity contribution in [1.82, 2.24) is 0 Å². The highest BCUT2D eigenvalue weighted by molar-refractivity contribution is 7.99. The van der Waals surface area contributed by atoms with E-state index in [9.17, 15) is 0 Å². The lowest BCUT2D eigenvalue weighted by atomic mass is 9.85. The fourth-order valence-corrected chi connectivity index (χ4v) is 3.12. The zero-order chi connectivity index (χ0) is 8.91. The molecule has 0 nitrogen and oxygen atoms in total. The van der Waals surface area contributed by atoms with Gasteiger partial charge in [-0.2, -0.15) is 11.8 Å². The molecule has 1 saturated heterocycles. The van der Waals surface area contributed by atoms with Crippen molar-refractivity contribution in [2.45, 2.75) is 52.7 Å². The second-order valence-corrected chi connectivity index (χ2v) is 5.35. The van der Waals surface area contributed by atoms with Crippen LogP contribution in [0.4, 0.5) is 0 Å². The molecule has 1 aliphatic rings. The standard InChI is InChI=1S/C8H16S.C2H6/c1-7-6-8(2,3)4-5-9-7;1-2/h7H,4-6H2,1-3H3;1-2H3. The van der Waals surface area contributed by atoms with Gasteiger partial charge in [0.2, 0.25) is 0 Å². The summed E-state index contributed by atoms with van der Waals surface area (Å²) in [6.45, 7) is 11.1. The van der Waals surface area contributed by atoms with Crippen LogP contribution in [0.1, 0.15) is 47.5 Å². The molecule has 0 aromatic heterocycles. The third-order valence-electron chi connectivity index (χ3n) is 2.02. The second-order valence-electron chi connectivity index (χ2n) is 3.80. The van der Waals surface area contributed by atoms with Crippen LogP contribution in [0, 0.1) is 5.41 Å². The normalized spacial score (nSPS) is 28.6. The van der Waals surface area contributed by atoms with Gasteiger partial charge in [0.05, 0.1) is 0 Å². The van der Waals surface area contributed by atoms with Gasteiger partial charge in [0, 0.05) is 5.25 Å². The lowest BCUT2D eigenvalue weighted by molar-refractivity contribution is 0.316. The second kappa shape index (κ2) is 5.08. The van der Waals surface area contributed by atoms with Gasteiger partial charge >= 0.3 is 0 Å². The van der Waals surface area contributed by atoms with E-state index in [4.69, 9.17) is 0 Å². The van der Waals surface area contributed by atoms with Crippen molar-refractivity contribution < 1.29 is 0 Å². The molecular weight excluding hydrogens is 152 g/mol. The van der Waals surface area contributed by atoms with Crippen LogP contribution in [-0.4, -0.2) is 11.0 Å². The highest BCUT2D eigenvalue weighted by Gasteiger charge is 2.25. The molecule has 0 radical (unpaired) electrons. The largest absolute Gasteiger partial charge is 0.159 e. The monoisotopic (exact) mass is 174 g/mol. The van der Waals surface area contributed by atoms with Crippen LogP contribution < -0.4 is 0 Å². The molecule has 1 fully saturated rings. The molecule has 1 heteroatoms. The molecule has 68 valence electrons. The van der Waals surface area contributed by atoms with E-state index in [1.807, 2.05) is 13.8 Å². The molecule has 0 saturated carbocycles. The molecule has 0 aliphatic carbocycles. The third-order valence-corrected chi connectivity index (χ3v) is 3.20. The van der Waals surface area contributed by atoms with Gasteiger partial charge < -0.3 is 0 Å². The Kier molecular flexibility index (Phi) is 5.24. The molecule has 0 spiro atoms. The number of hydrogen-bond donors (Lipinski definition) is 0. The van der Waals surface area contributed by atoms with Gasteiger partial charge in [-0.1, -0.05) is 34.6 Å². The lowest BCUT2D eigenvalue weighted by Gasteiger charge is -2.32. The van der Waals surface area contributed by atoms with Crippen LogP contribution in [0.25, 0.3) is 0 Å². The van der Waals surface area contributed by atoms with Gasteiger partial charge in [0.1, 0.15) is 0 Å². The average molecular weight is 174 g/mol. The van der Waals surface area contributed by atoms with Crippen LogP contribution >= 0.6 is 11.8 Å². The van der Waals surface area contributed by atoms with Crippen LogP contribution in [0.2, 0.25) is 0 Å². The molecule has 0 N–H and O–H groups in total. The minimum Gasteiger partial charge on any atom is -0.159 e. The topological polar surface area (TPSA) is 0 Å². The summed E-state index contributed by atoms with van der Waals surface area (Å²) in [5.41, 5.74) is 0.630. The zero-order valence-electron chi connectivity index (χ0n) is 8.61. The maximum absolute atomic E-state index is 2.38. The van der Waals surface area contributed by atoms with E-state index >= 15 is 0 Å². The molecule has 1 aliphatic heterocycles. The van der Waals surface area contributed by atoms with Crippen LogP contribution in [0.3, 0.4) is 0 Å². The first-order valence-electron chi connectivity index (χ1n) is 4.72. The summed E-state index contributed by atoms with van der Waals surface area (Å²) < 4.78 is 0. The van der Waals surface area contributed by atoms with E-state index in [-0.39, 0.29) is 0 Å². The quantitative estimate of drug-likeness (QED) is 0.536. The van der Waals surface area contributed by atoms with Crippen molar-refractivity contribution in [3.63, 3.8) is 0 Å². The lowest BCUT2D eigenvalue weighted by Crippen LogP contribution is -2.22. The Morgan fingerprint density at radius 3 is 2.09 bits per heavy atom. The van der Waals surface area contributed by atoms with E-state index in [0.717, 1.165) is 5.25 Å². The highest BCUT2D eigenvalue weighted by atomic mass is 32.2. The van der Waals surface area contributed by atoms with Crippen LogP contribution in [0.5, 0.6) is 0 Å². The first-order valence-corrected chi connectivity index (χ1v) is 5.77. The zero-order valence-corrected chi connectivity index (χ0v) is 9.42. The maximum atomic E-state index is 2.38. The number of rotatable bonds is 0. The molecule has 1 heterocycles.